The first kappa shape index (κ1) is 87.9. The van der Waals surface area contributed by atoms with Crippen molar-refractivity contribution in [1.82, 2.24) is 25.5 Å². The molecule has 448 valence electrons. The Bertz CT molecular complexity index is 2460. The monoisotopic (exact) mass is 1890 g/mol. The Balaban J connectivity index is 0.000000420. The lowest BCUT2D eigenvalue weighted by molar-refractivity contribution is 0.466. The third-order valence-electron chi connectivity index (χ3n) is 9.06. The van der Waals surface area contributed by atoms with Gasteiger partial charge in [-0.15, -0.1) is 207 Å². The van der Waals surface area contributed by atoms with Gasteiger partial charge in [0.05, 0.1) is 27.6 Å². The van der Waals surface area contributed by atoms with Gasteiger partial charge in [0.1, 0.15) is 12.5 Å². The summed E-state index contributed by atoms with van der Waals surface area (Å²) in [6, 6.07) is 10.7. The Morgan fingerprint density at radius 2 is 1.01 bits per heavy atom. The van der Waals surface area contributed by atoms with Crippen LogP contribution in [0.2, 0.25) is 0 Å². The normalized spacial score (nSPS) is 14.0. The van der Waals surface area contributed by atoms with Crippen molar-refractivity contribution < 1.29 is 21.6 Å². The molecule has 0 aliphatic carbocycles. The van der Waals surface area contributed by atoms with Gasteiger partial charge in [-0.1, -0.05) is 26.2 Å². The summed E-state index contributed by atoms with van der Waals surface area (Å²) in [6.07, 6.45) is 1.44. The van der Waals surface area contributed by atoms with Crippen LogP contribution in [-0.4, -0.2) is 47.1 Å². The molecule has 0 amide bonds. The van der Waals surface area contributed by atoms with E-state index in [2.05, 4.69) is 222 Å². The van der Waals surface area contributed by atoms with E-state index < -0.39 is 27.6 Å². The van der Waals surface area contributed by atoms with Gasteiger partial charge in [-0.05, 0) is 183 Å². The molecule has 0 saturated heterocycles. The Kier molecular flexibility index (Phi) is 50.0. The number of alkyl halides is 1. The second-order valence-electron chi connectivity index (χ2n) is 14.9. The lowest BCUT2D eigenvalue weighted by Crippen LogP contribution is -2.16. The number of rotatable bonds is 29. The third kappa shape index (κ3) is 27.5. The highest BCUT2D eigenvalue weighted by molar-refractivity contribution is 9.49. The van der Waals surface area contributed by atoms with Gasteiger partial charge in [0.15, 0.2) is 21.3 Å². The molecule has 0 radical (unpaired) electrons. The van der Waals surface area contributed by atoms with Crippen LogP contribution in [0.25, 0.3) is 34.3 Å². The molecule has 25 unspecified atom stereocenters. The van der Waals surface area contributed by atoms with E-state index in [4.69, 9.17) is 10.2 Å². The minimum atomic E-state index is -3.41. The third-order valence-corrected chi connectivity index (χ3v) is 305. The van der Waals surface area contributed by atoms with Gasteiger partial charge in [-0.3, -0.25) is 0 Å². The molecule has 2 aromatic heterocycles. The maximum absolute atomic E-state index is 14.7. The molecule has 2 heterocycles. The number of hydrogen-bond acceptors (Lipinski definition) is 9. The van der Waals surface area contributed by atoms with Crippen molar-refractivity contribution in [3.8, 4) is 34.3 Å². The highest BCUT2D eigenvalue weighted by Gasteiger charge is 2.56. The van der Waals surface area contributed by atoms with Crippen LogP contribution in [0.3, 0.4) is 0 Å². The second-order valence-corrected chi connectivity index (χ2v) is 191. The van der Waals surface area contributed by atoms with E-state index in [1.165, 1.54) is 30.5 Å². The first-order valence-electron chi connectivity index (χ1n) is 20.8. The van der Waals surface area contributed by atoms with E-state index in [1.807, 2.05) is 0 Å². The number of aromatic nitrogens is 4. The zero-order chi connectivity index (χ0) is 60.1. The molecule has 4 rings (SSSR count). The van der Waals surface area contributed by atoms with Gasteiger partial charge in [0, 0.05) is 18.7 Å². The standard InChI is InChI=1S/C24H24F2N6O3S.H45P43/c1-14(2)36(33,34)17-6-4-16(5-7-17)20-13-29-22(27)21(30-20)24-32-31-23(35-24)18-8-3-15(11-19(18)26)12-28-10-9-25;1-23-34(22)40(35(24(2)3)25(4)5)43(41(36(26(6)7)27(8)9)37(28(10)11)29(12)13)42(38(30(14)15)31(16)17)39(32(18)19)33(20)21/h3-8,11,13-14,28H,9-10,12H2,1-2H3,(H2,27,29);23H,1-22H2. The van der Waals surface area contributed by atoms with Crippen molar-refractivity contribution >= 4 is 360 Å². The van der Waals surface area contributed by atoms with Crippen molar-refractivity contribution in [1.29, 1.82) is 0 Å². The van der Waals surface area contributed by atoms with Gasteiger partial charge in [0.2, 0.25) is 0 Å². The molecule has 0 bridgehead atoms. The number of benzene rings is 2. The lowest BCUT2D eigenvalue weighted by Gasteiger charge is -2.56. The molecule has 55 heteroatoms. The van der Waals surface area contributed by atoms with Crippen LogP contribution in [0.15, 0.2) is 58.0 Å². The summed E-state index contributed by atoms with van der Waals surface area (Å²) in [5, 5.41) is 10.2. The van der Waals surface area contributed by atoms with Gasteiger partial charge >= 0.3 is 0 Å². The maximum Gasteiger partial charge on any atom is 0.270 e. The fourth-order valence-corrected chi connectivity index (χ4v) is 602. The predicted molar refractivity (Wildman–Crippen MR) is 491 cm³/mol. The second kappa shape index (κ2) is 45.0. The molecule has 2 aromatic carbocycles. The first-order valence-corrected chi connectivity index (χ1v) is 100. The van der Waals surface area contributed by atoms with Crippen LogP contribution in [0.4, 0.5) is 14.6 Å². The fourth-order valence-electron chi connectivity index (χ4n) is 5.81. The smallest absolute Gasteiger partial charge is 0.270 e. The molecule has 25 atom stereocenters. The average molecular weight is 1890 g/mol. The van der Waals surface area contributed by atoms with Crippen LogP contribution in [0, 0.1) is 5.82 Å². The van der Waals surface area contributed by atoms with Crippen molar-refractivity contribution in [2.75, 3.05) is 19.0 Å². The van der Waals surface area contributed by atoms with E-state index in [0.29, 0.717) is 23.4 Å². The summed E-state index contributed by atoms with van der Waals surface area (Å²) >= 11 is 0. The summed E-state index contributed by atoms with van der Waals surface area (Å²) in [6.45, 7) is 1.19. The summed E-state index contributed by atoms with van der Waals surface area (Å²) in [5.74, 6) is -0.665. The minimum Gasteiger partial charge on any atom is -0.414 e. The summed E-state index contributed by atoms with van der Waals surface area (Å²) in [4.78, 5) is 8.80. The van der Waals surface area contributed by atoms with E-state index in [1.54, 1.807) is 32.0 Å². The highest BCUT2D eigenvalue weighted by atomic mass is 33.5. The maximum atomic E-state index is 14.7. The zero-order valence-corrected chi connectivity index (χ0v) is 86.8. The number of nitrogens with one attached hydrogen (secondary N) is 1. The molecule has 0 spiro atoms. The van der Waals surface area contributed by atoms with Crippen molar-refractivity contribution in [2.24, 2.45) is 0 Å². The first-order chi connectivity index (χ1) is 36.8. The molecule has 0 aliphatic heterocycles. The van der Waals surface area contributed by atoms with Crippen LogP contribution in [0.1, 0.15) is 19.4 Å². The molecule has 0 saturated carbocycles. The van der Waals surface area contributed by atoms with Gasteiger partial charge in [-0.25, -0.2) is 27.2 Å². The predicted octanol–water partition coefficient (Wildman–Crippen LogP) is 28.8. The summed E-state index contributed by atoms with van der Waals surface area (Å²) in [7, 11) is 72.8. The number of anilines is 1. The van der Waals surface area contributed by atoms with Crippen molar-refractivity contribution in [2.45, 2.75) is 30.5 Å². The van der Waals surface area contributed by atoms with E-state index >= 15 is 0 Å². The molecule has 3 N–H and O–H groups in total. The molecular formula is C24H69F2N6O3P43S. The van der Waals surface area contributed by atoms with Crippen molar-refractivity contribution in [3.05, 3.63) is 60.0 Å². The Morgan fingerprint density at radius 1 is 0.608 bits per heavy atom. The van der Waals surface area contributed by atoms with E-state index in [-0.39, 0.29) is 180 Å². The Labute approximate surface area is 544 Å². The molecule has 0 fully saturated rings. The number of nitrogens with zero attached hydrogens (tertiary/aromatic N) is 4. The molecule has 0 aliphatic rings. The van der Waals surface area contributed by atoms with Crippen LogP contribution < -0.4 is 11.1 Å². The highest BCUT2D eigenvalue weighted by Crippen LogP contribution is 3.44. The molecular weight excluding hydrogens is 1820 g/mol. The topological polar surface area (TPSA) is 137 Å². The van der Waals surface area contributed by atoms with E-state index in [9.17, 15) is 17.2 Å². The zero-order valence-electron chi connectivity index (χ0n) is 41.7. The number of sulfone groups is 1. The Morgan fingerprint density at radius 3 is 1.39 bits per heavy atom. The van der Waals surface area contributed by atoms with Crippen LogP contribution in [-0.2, 0) is 16.4 Å². The van der Waals surface area contributed by atoms with Crippen LogP contribution >= 0.6 is 344 Å². The summed E-state index contributed by atoms with van der Waals surface area (Å²) in [5.41, 5.74) is 7.83. The Hall–Kier alpha value is 14.7. The number of hydrogen-bond donors (Lipinski definition) is 2. The average Bonchev–Trinajstić information content (AvgIpc) is 3.83. The van der Waals surface area contributed by atoms with E-state index in [0.717, 1.165) is 7.96 Å². The largest absolute Gasteiger partial charge is 0.414 e. The minimum absolute atomic E-state index is 0.0303. The van der Waals surface area contributed by atoms with Crippen LogP contribution in [0.5, 0.6) is 0 Å². The summed E-state index contributed by atoms with van der Waals surface area (Å²) < 4.78 is 57.3. The van der Waals surface area contributed by atoms with Gasteiger partial charge in [0.25, 0.3) is 11.8 Å². The van der Waals surface area contributed by atoms with Gasteiger partial charge < -0.3 is 15.5 Å². The lowest BCUT2D eigenvalue weighted by atomic mass is 10.1. The van der Waals surface area contributed by atoms with Crippen molar-refractivity contribution in [3.63, 3.8) is 0 Å². The van der Waals surface area contributed by atoms with Gasteiger partial charge in [-0.2, -0.15) is 0 Å². The quantitative estimate of drug-likeness (QED) is 0.0402. The number of halogens is 2. The molecule has 9 nitrogen and oxygen atoms in total. The number of nitrogens with two attached hydrogens (primary N) is 1. The SMILES string of the molecule is CC(C)S(=O)(=O)c1ccc(-c2cnc(N)c(-c3nnc(-c4ccc(CNCCF)cc4F)o3)n2)cc1.PPP(P)P(P(P(P)P)P(P)P)P(P(P(P(P)P)P(P)P)P(P(P)P)P(P)P)P(P(P(P)P)P(P)P)P(P(P)P)P(P)P. The molecule has 79 heavy (non-hydrogen) atoms. The number of nitrogen functional groups attached to an aromatic ring is 1. The molecule has 4 aromatic rings. The fraction of sp³-hybridized carbons (Fsp3) is 0.250.